The van der Waals surface area contributed by atoms with Crippen LogP contribution in [0.5, 0.6) is 0 Å². The number of aromatic nitrogens is 3. The largest absolute Gasteiger partial charge is 0.354 e. The van der Waals surface area contributed by atoms with Crippen molar-refractivity contribution in [3.05, 3.63) is 58.0 Å². The third-order valence-corrected chi connectivity index (χ3v) is 4.40. The van der Waals surface area contributed by atoms with Gasteiger partial charge < -0.3 is 9.88 Å². The molecule has 0 saturated heterocycles. The summed E-state index contributed by atoms with van der Waals surface area (Å²) >= 11 is 0. The number of amides is 1. The topological polar surface area (TPSA) is 95.0 Å². The van der Waals surface area contributed by atoms with Crippen LogP contribution in [-0.2, 0) is 17.9 Å². The van der Waals surface area contributed by atoms with E-state index in [9.17, 15) is 14.9 Å². The van der Waals surface area contributed by atoms with Crippen molar-refractivity contribution < 1.29 is 9.72 Å². The van der Waals surface area contributed by atoms with Gasteiger partial charge in [0, 0.05) is 24.8 Å². The predicted octanol–water partition coefficient (Wildman–Crippen LogP) is 2.57. The van der Waals surface area contributed by atoms with E-state index in [0.717, 1.165) is 13.0 Å². The Bertz CT molecular complexity index is 957. The van der Waals surface area contributed by atoms with Crippen LogP contribution in [0.3, 0.4) is 0 Å². The first-order valence-electron chi connectivity index (χ1n) is 8.46. The second-order valence-electron chi connectivity index (χ2n) is 6.21. The van der Waals surface area contributed by atoms with Gasteiger partial charge in [-0.1, -0.05) is 18.2 Å². The molecule has 3 rings (SSSR count). The van der Waals surface area contributed by atoms with E-state index in [1.165, 1.54) is 15.6 Å². The quantitative estimate of drug-likeness (QED) is 0.400. The number of fused-ring (bicyclic) bond motifs is 1. The number of para-hydroxylation sites is 1. The summed E-state index contributed by atoms with van der Waals surface area (Å²) in [7, 11) is 0. The molecule has 26 heavy (non-hydrogen) atoms. The molecule has 0 saturated carbocycles. The van der Waals surface area contributed by atoms with E-state index in [-0.39, 0.29) is 18.1 Å². The SMILES string of the molecule is Cc1nn(CC(=O)NCCCn2ccc3ccccc32)c(C)c1[N+](=O)[O-]. The summed E-state index contributed by atoms with van der Waals surface area (Å²) in [5, 5.41) is 19.1. The van der Waals surface area contributed by atoms with Crippen molar-refractivity contribution in [1.29, 1.82) is 0 Å². The first kappa shape index (κ1) is 17.7. The molecule has 0 spiro atoms. The molecule has 0 atom stereocenters. The van der Waals surface area contributed by atoms with Gasteiger partial charge in [-0.15, -0.1) is 0 Å². The average Bonchev–Trinajstić information content (AvgIpc) is 3.13. The number of hydrogen-bond donors (Lipinski definition) is 1. The van der Waals surface area contributed by atoms with E-state index in [0.29, 0.717) is 17.9 Å². The van der Waals surface area contributed by atoms with Crippen molar-refractivity contribution in [2.75, 3.05) is 6.54 Å². The second-order valence-corrected chi connectivity index (χ2v) is 6.21. The molecule has 0 aliphatic rings. The van der Waals surface area contributed by atoms with Crippen LogP contribution in [0.2, 0.25) is 0 Å². The van der Waals surface area contributed by atoms with E-state index >= 15 is 0 Å². The molecule has 2 heterocycles. The van der Waals surface area contributed by atoms with E-state index < -0.39 is 4.92 Å². The standard InChI is InChI=1S/C18H21N5O3/c1-13-18(23(25)26)14(2)22(20-13)12-17(24)19-9-5-10-21-11-8-15-6-3-4-7-16(15)21/h3-4,6-8,11H,5,9-10,12H2,1-2H3,(H,19,24). The Morgan fingerprint density at radius 2 is 2.04 bits per heavy atom. The molecule has 0 radical (unpaired) electrons. The van der Waals surface area contributed by atoms with Gasteiger partial charge in [-0.2, -0.15) is 5.10 Å². The number of nitrogens with one attached hydrogen (secondary N) is 1. The third-order valence-electron chi connectivity index (χ3n) is 4.40. The van der Waals surface area contributed by atoms with Crippen LogP contribution in [0.25, 0.3) is 10.9 Å². The van der Waals surface area contributed by atoms with Gasteiger partial charge in [-0.25, -0.2) is 0 Å². The van der Waals surface area contributed by atoms with Crippen LogP contribution in [-0.4, -0.2) is 31.7 Å². The lowest BCUT2D eigenvalue weighted by Gasteiger charge is -2.08. The van der Waals surface area contributed by atoms with Gasteiger partial charge in [-0.3, -0.25) is 19.6 Å². The van der Waals surface area contributed by atoms with E-state index in [4.69, 9.17) is 0 Å². The van der Waals surface area contributed by atoms with Gasteiger partial charge in [0.1, 0.15) is 17.9 Å². The van der Waals surface area contributed by atoms with Gasteiger partial charge in [0.05, 0.1) is 4.92 Å². The smallest absolute Gasteiger partial charge is 0.312 e. The Labute approximate surface area is 150 Å². The summed E-state index contributed by atoms with van der Waals surface area (Å²) in [6.45, 7) is 4.49. The summed E-state index contributed by atoms with van der Waals surface area (Å²) in [6, 6.07) is 10.2. The molecule has 1 aromatic carbocycles. The molecule has 0 fully saturated rings. The molecule has 8 heteroatoms. The van der Waals surface area contributed by atoms with Gasteiger partial charge >= 0.3 is 5.69 Å². The Morgan fingerprint density at radius 1 is 1.27 bits per heavy atom. The molecule has 1 amide bonds. The van der Waals surface area contributed by atoms with Crippen LogP contribution < -0.4 is 5.32 Å². The Balaban J connectivity index is 1.50. The normalized spacial score (nSPS) is 11.0. The third kappa shape index (κ3) is 3.58. The highest BCUT2D eigenvalue weighted by atomic mass is 16.6. The summed E-state index contributed by atoms with van der Waals surface area (Å²) in [5.74, 6) is -0.206. The van der Waals surface area contributed by atoms with Crippen molar-refractivity contribution in [3.63, 3.8) is 0 Å². The first-order chi connectivity index (χ1) is 12.5. The highest BCUT2D eigenvalue weighted by Crippen LogP contribution is 2.21. The molecular weight excluding hydrogens is 334 g/mol. The maximum absolute atomic E-state index is 12.1. The number of nitro groups is 1. The maximum atomic E-state index is 12.1. The van der Waals surface area contributed by atoms with Crippen molar-refractivity contribution >= 4 is 22.5 Å². The van der Waals surface area contributed by atoms with Crippen molar-refractivity contribution in [2.24, 2.45) is 0 Å². The van der Waals surface area contributed by atoms with Crippen LogP contribution in [0, 0.1) is 24.0 Å². The Kier molecular flexibility index (Phi) is 5.01. The fourth-order valence-electron chi connectivity index (χ4n) is 3.11. The summed E-state index contributed by atoms with van der Waals surface area (Å²) in [6.07, 6.45) is 2.84. The van der Waals surface area contributed by atoms with Gasteiger partial charge in [0.15, 0.2) is 0 Å². The Hall–Kier alpha value is -3.16. The second kappa shape index (κ2) is 7.38. The molecule has 2 aromatic heterocycles. The van der Waals surface area contributed by atoms with Crippen LogP contribution in [0.4, 0.5) is 5.69 Å². The number of carbonyl (C=O) groups excluding carboxylic acids is 1. The number of carbonyl (C=O) groups is 1. The fourth-order valence-corrected chi connectivity index (χ4v) is 3.11. The number of hydrogen-bond acceptors (Lipinski definition) is 4. The van der Waals surface area contributed by atoms with Crippen LogP contribution >= 0.6 is 0 Å². The van der Waals surface area contributed by atoms with Crippen LogP contribution in [0.1, 0.15) is 17.8 Å². The molecule has 0 bridgehead atoms. The number of nitrogens with zero attached hydrogens (tertiary/aromatic N) is 4. The summed E-state index contributed by atoms with van der Waals surface area (Å²) in [4.78, 5) is 22.6. The number of rotatable bonds is 7. The minimum Gasteiger partial charge on any atom is -0.354 e. The van der Waals surface area contributed by atoms with Crippen molar-refractivity contribution in [3.8, 4) is 0 Å². The minimum atomic E-state index is -0.465. The monoisotopic (exact) mass is 355 g/mol. The van der Waals surface area contributed by atoms with E-state index in [1.54, 1.807) is 13.8 Å². The molecule has 3 aromatic rings. The average molecular weight is 355 g/mol. The van der Waals surface area contributed by atoms with Gasteiger partial charge in [0.2, 0.25) is 5.91 Å². The Morgan fingerprint density at radius 3 is 2.77 bits per heavy atom. The predicted molar refractivity (Wildman–Crippen MR) is 97.9 cm³/mol. The molecular formula is C18H21N5O3. The maximum Gasteiger partial charge on any atom is 0.312 e. The van der Waals surface area contributed by atoms with Crippen LogP contribution in [0.15, 0.2) is 36.5 Å². The fraction of sp³-hybridized carbons (Fsp3) is 0.333. The zero-order valence-electron chi connectivity index (χ0n) is 14.8. The van der Waals surface area contributed by atoms with E-state index in [1.807, 2.05) is 18.3 Å². The van der Waals surface area contributed by atoms with Gasteiger partial charge in [-0.05, 0) is 37.8 Å². The zero-order valence-corrected chi connectivity index (χ0v) is 14.8. The van der Waals surface area contributed by atoms with Crippen molar-refractivity contribution in [2.45, 2.75) is 33.4 Å². The lowest BCUT2D eigenvalue weighted by atomic mass is 10.2. The zero-order chi connectivity index (χ0) is 18.7. The molecule has 1 N–H and O–H groups in total. The van der Waals surface area contributed by atoms with Gasteiger partial charge in [0.25, 0.3) is 0 Å². The molecule has 8 nitrogen and oxygen atoms in total. The molecule has 0 aliphatic heterocycles. The highest BCUT2D eigenvalue weighted by molar-refractivity contribution is 5.79. The lowest BCUT2D eigenvalue weighted by Crippen LogP contribution is -2.29. The lowest BCUT2D eigenvalue weighted by molar-refractivity contribution is -0.386. The highest BCUT2D eigenvalue weighted by Gasteiger charge is 2.22. The van der Waals surface area contributed by atoms with E-state index in [2.05, 4.69) is 33.2 Å². The summed E-state index contributed by atoms with van der Waals surface area (Å²) in [5.41, 5.74) is 1.85. The molecule has 0 aliphatic carbocycles. The number of aryl methyl sites for hydroxylation is 2. The number of benzene rings is 1. The molecule has 136 valence electrons. The summed E-state index contributed by atoms with van der Waals surface area (Å²) < 4.78 is 3.54. The minimum absolute atomic E-state index is 0.0209. The first-order valence-corrected chi connectivity index (χ1v) is 8.46. The molecule has 0 unspecified atom stereocenters. The van der Waals surface area contributed by atoms with Crippen molar-refractivity contribution in [1.82, 2.24) is 19.7 Å².